The summed E-state index contributed by atoms with van der Waals surface area (Å²) in [5, 5.41) is 0. The maximum atomic E-state index is 6.00. The van der Waals surface area contributed by atoms with E-state index in [4.69, 9.17) is 18.6 Å². The van der Waals surface area contributed by atoms with Gasteiger partial charge < -0.3 is 18.6 Å². The van der Waals surface area contributed by atoms with Crippen molar-refractivity contribution in [2.24, 2.45) is 0 Å². The molecule has 146 valence electrons. The first kappa shape index (κ1) is 20.9. The van der Waals surface area contributed by atoms with Crippen molar-refractivity contribution in [3.63, 3.8) is 0 Å². The summed E-state index contributed by atoms with van der Waals surface area (Å²) >= 11 is 1.70. The van der Waals surface area contributed by atoms with Gasteiger partial charge in [0.15, 0.2) is 0 Å². The Morgan fingerprint density at radius 1 is 0.630 bits per heavy atom. The molecule has 2 fully saturated rings. The van der Waals surface area contributed by atoms with Crippen molar-refractivity contribution in [1.29, 1.82) is 0 Å². The summed E-state index contributed by atoms with van der Waals surface area (Å²) < 4.78 is 24.0. The van der Waals surface area contributed by atoms with E-state index in [2.05, 4.69) is 79.7 Å². The van der Waals surface area contributed by atoms with Crippen LogP contribution in [0.3, 0.4) is 0 Å². The van der Waals surface area contributed by atoms with Crippen LogP contribution in [0.4, 0.5) is 0 Å². The van der Waals surface area contributed by atoms with E-state index < -0.39 is 0 Å². The minimum absolute atomic E-state index is 0.311. The van der Waals surface area contributed by atoms with Gasteiger partial charge in [0, 0.05) is 9.75 Å². The molecule has 0 saturated carbocycles. The van der Waals surface area contributed by atoms with Gasteiger partial charge in [-0.25, -0.2) is 0 Å². The molecule has 4 nitrogen and oxygen atoms in total. The molecule has 0 aromatic carbocycles. The molecule has 0 N–H and O–H groups in total. The van der Waals surface area contributed by atoms with Crippen LogP contribution in [0.5, 0.6) is 0 Å². The van der Waals surface area contributed by atoms with E-state index in [9.17, 15) is 0 Å². The quantitative estimate of drug-likeness (QED) is 0.678. The number of hydrogen-bond donors (Lipinski definition) is 0. The highest BCUT2D eigenvalue weighted by molar-refractivity contribution is 7.13. The Hall–Kier alpha value is -0.850. The molecule has 3 rings (SSSR count). The van der Waals surface area contributed by atoms with Crippen molar-refractivity contribution >= 4 is 37.7 Å². The van der Waals surface area contributed by atoms with Crippen molar-refractivity contribution in [1.82, 2.24) is 0 Å². The molecule has 2 aliphatic heterocycles. The lowest BCUT2D eigenvalue weighted by Gasteiger charge is -2.32. The Bertz CT molecular complexity index is 656. The third kappa shape index (κ3) is 4.27. The van der Waals surface area contributed by atoms with Crippen molar-refractivity contribution in [3.8, 4) is 0 Å². The van der Waals surface area contributed by atoms with E-state index in [1.54, 1.807) is 11.3 Å². The molecule has 0 bridgehead atoms. The summed E-state index contributed by atoms with van der Waals surface area (Å²) in [6.07, 6.45) is 4.11. The van der Waals surface area contributed by atoms with Crippen LogP contribution in [0.2, 0.25) is 0 Å². The van der Waals surface area contributed by atoms with Gasteiger partial charge in [-0.1, -0.05) is 24.1 Å². The zero-order chi connectivity index (χ0) is 20.1. The summed E-state index contributed by atoms with van der Waals surface area (Å²) in [4.78, 5) is 2.30. The lowest BCUT2D eigenvalue weighted by atomic mass is 9.90. The second-order valence-corrected chi connectivity index (χ2v) is 10.4. The van der Waals surface area contributed by atoms with Gasteiger partial charge in [0.25, 0.3) is 0 Å². The Balaban J connectivity index is 1.60. The lowest BCUT2D eigenvalue weighted by Crippen LogP contribution is -2.41. The minimum Gasteiger partial charge on any atom is -0.400 e. The second-order valence-electron chi connectivity index (χ2n) is 9.21. The zero-order valence-corrected chi connectivity index (χ0v) is 18.5. The normalized spacial score (nSPS) is 25.9. The van der Waals surface area contributed by atoms with Gasteiger partial charge in [-0.2, -0.15) is 0 Å². The van der Waals surface area contributed by atoms with Gasteiger partial charge in [-0.15, -0.1) is 11.3 Å². The first-order valence-corrected chi connectivity index (χ1v) is 10.3. The molecule has 0 radical (unpaired) electrons. The van der Waals surface area contributed by atoms with Crippen LogP contribution in [0, 0.1) is 0 Å². The highest BCUT2D eigenvalue weighted by Crippen LogP contribution is 2.38. The Morgan fingerprint density at radius 3 is 1.22 bits per heavy atom. The van der Waals surface area contributed by atoms with Crippen molar-refractivity contribution < 1.29 is 18.6 Å². The zero-order valence-electron chi connectivity index (χ0n) is 17.7. The van der Waals surface area contributed by atoms with Crippen LogP contribution in [0.1, 0.15) is 65.1 Å². The Morgan fingerprint density at radius 2 is 0.926 bits per heavy atom. The molecular formula is C20H30B2O4S. The van der Waals surface area contributed by atoms with E-state index in [1.165, 1.54) is 0 Å². The van der Waals surface area contributed by atoms with Gasteiger partial charge in [0.2, 0.25) is 0 Å². The smallest absolute Gasteiger partial charge is 0.400 e. The van der Waals surface area contributed by atoms with Gasteiger partial charge >= 0.3 is 14.2 Å². The number of thiophene rings is 1. The molecule has 0 spiro atoms. The van der Waals surface area contributed by atoms with Crippen LogP contribution in [0.25, 0.3) is 12.2 Å². The van der Waals surface area contributed by atoms with Gasteiger partial charge in [-0.3, -0.25) is 0 Å². The van der Waals surface area contributed by atoms with Crippen molar-refractivity contribution in [2.45, 2.75) is 77.8 Å². The molecule has 0 aliphatic carbocycles. The standard InChI is InChI=1S/C20H30B2O4S/c1-17(2)18(3,4)24-21(23-17)13-11-15-9-10-16(27-15)12-14-22-25-19(5,6)20(7,8)26-22/h9-14H,1-8H3. The van der Waals surface area contributed by atoms with Crippen LogP contribution in [0.15, 0.2) is 24.1 Å². The number of hydrogen-bond acceptors (Lipinski definition) is 5. The number of rotatable bonds is 4. The lowest BCUT2D eigenvalue weighted by molar-refractivity contribution is 0.00578. The highest BCUT2D eigenvalue weighted by Gasteiger charge is 2.50. The van der Waals surface area contributed by atoms with E-state index in [0.717, 1.165) is 9.75 Å². The average molecular weight is 388 g/mol. The van der Waals surface area contributed by atoms with E-state index >= 15 is 0 Å². The summed E-state index contributed by atoms with van der Waals surface area (Å²) in [5.74, 6) is 3.95. The summed E-state index contributed by atoms with van der Waals surface area (Å²) in [7, 11) is -0.637. The first-order valence-electron chi connectivity index (χ1n) is 9.49. The Labute approximate surface area is 168 Å². The van der Waals surface area contributed by atoms with Gasteiger partial charge in [0.1, 0.15) is 0 Å². The molecule has 2 aliphatic rings. The topological polar surface area (TPSA) is 36.9 Å². The largest absolute Gasteiger partial charge is 0.487 e. The van der Waals surface area contributed by atoms with Crippen molar-refractivity contribution in [2.75, 3.05) is 0 Å². The maximum absolute atomic E-state index is 6.00. The maximum Gasteiger partial charge on any atom is 0.487 e. The molecule has 0 amide bonds. The van der Waals surface area contributed by atoms with Crippen LogP contribution < -0.4 is 0 Å². The van der Waals surface area contributed by atoms with Crippen molar-refractivity contribution in [3.05, 3.63) is 33.8 Å². The molecular weight excluding hydrogens is 358 g/mol. The third-order valence-electron chi connectivity index (χ3n) is 6.03. The molecule has 3 heterocycles. The molecule has 1 aromatic heterocycles. The molecule has 0 atom stereocenters. The van der Waals surface area contributed by atoms with E-state index in [-0.39, 0.29) is 36.6 Å². The van der Waals surface area contributed by atoms with Gasteiger partial charge in [0.05, 0.1) is 22.4 Å². The summed E-state index contributed by atoms with van der Waals surface area (Å²) in [6, 6.07) is 4.19. The predicted molar refractivity (Wildman–Crippen MR) is 115 cm³/mol. The monoisotopic (exact) mass is 388 g/mol. The minimum atomic E-state index is -0.319. The fourth-order valence-corrected chi connectivity index (χ4v) is 3.67. The predicted octanol–water partition coefficient (Wildman–Crippen LogP) is 5.04. The molecule has 0 unspecified atom stereocenters. The highest BCUT2D eigenvalue weighted by atomic mass is 32.1. The van der Waals surface area contributed by atoms with Gasteiger partial charge in [-0.05, 0) is 67.5 Å². The van der Waals surface area contributed by atoms with Crippen LogP contribution in [-0.4, -0.2) is 36.6 Å². The van der Waals surface area contributed by atoms with Crippen LogP contribution >= 0.6 is 11.3 Å². The molecule has 27 heavy (non-hydrogen) atoms. The molecule has 1 aromatic rings. The molecule has 2 saturated heterocycles. The average Bonchev–Trinajstić information content (AvgIpc) is 3.10. The van der Waals surface area contributed by atoms with E-state index in [0.29, 0.717) is 0 Å². The summed E-state index contributed by atoms with van der Waals surface area (Å²) in [5.41, 5.74) is -1.25. The fraction of sp³-hybridized carbons (Fsp3) is 0.600. The Kier molecular flexibility index (Phi) is 5.32. The third-order valence-corrected chi connectivity index (χ3v) is 7.04. The molecule has 7 heteroatoms. The second kappa shape index (κ2) is 6.89. The first-order chi connectivity index (χ1) is 12.3. The van der Waals surface area contributed by atoms with E-state index in [1.807, 2.05) is 12.0 Å². The fourth-order valence-electron chi connectivity index (χ4n) is 2.83. The van der Waals surface area contributed by atoms with Crippen LogP contribution in [-0.2, 0) is 18.6 Å². The SMILES string of the molecule is CC1(C)OB(C=Cc2ccc(C=CB3OC(C)(C)C(C)(C)O3)s2)OC1(C)C. The summed E-state index contributed by atoms with van der Waals surface area (Å²) in [6.45, 7) is 16.5.